The highest BCUT2D eigenvalue weighted by molar-refractivity contribution is 5.66. The van der Waals surface area contributed by atoms with Gasteiger partial charge in [-0.25, -0.2) is 9.67 Å². The molecule has 0 aliphatic rings. The van der Waals surface area contributed by atoms with E-state index in [1.54, 1.807) is 4.68 Å². The van der Waals surface area contributed by atoms with Crippen LogP contribution in [0.2, 0.25) is 0 Å². The van der Waals surface area contributed by atoms with Gasteiger partial charge >= 0.3 is 5.97 Å². The van der Waals surface area contributed by atoms with Gasteiger partial charge in [0.2, 0.25) is 0 Å². The number of aryl methyl sites for hydroxylation is 4. The lowest BCUT2D eigenvalue weighted by atomic mass is 10.1. The molecule has 1 aromatic heterocycles. The first-order valence-corrected chi connectivity index (χ1v) is 6.75. The summed E-state index contributed by atoms with van der Waals surface area (Å²) in [6, 6.07) is 6.16. The molecule has 0 amide bonds. The lowest BCUT2D eigenvalue weighted by Crippen LogP contribution is -2.06. The third-order valence-electron chi connectivity index (χ3n) is 3.05. The Hall–Kier alpha value is -2.17. The van der Waals surface area contributed by atoms with Crippen molar-refractivity contribution in [3.8, 4) is 5.69 Å². The van der Waals surface area contributed by atoms with Crippen LogP contribution in [-0.2, 0) is 17.6 Å². The number of hydrogen-bond acceptors (Lipinski definition) is 3. The van der Waals surface area contributed by atoms with Crippen molar-refractivity contribution in [2.24, 2.45) is 0 Å². The quantitative estimate of drug-likeness (QED) is 0.908. The third kappa shape index (κ3) is 3.23. The van der Waals surface area contributed by atoms with E-state index in [4.69, 9.17) is 5.11 Å². The number of aromatic nitrogens is 3. The van der Waals surface area contributed by atoms with Crippen LogP contribution in [-0.4, -0.2) is 25.8 Å². The first-order chi connectivity index (χ1) is 9.49. The van der Waals surface area contributed by atoms with Crippen molar-refractivity contribution in [2.45, 2.75) is 40.0 Å². The molecule has 0 aliphatic carbocycles. The highest BCUT2D eigenvalue weighted by Gasteiger charge is 2.12. The van der Waals surface area contributed by atoms with E-state index >= 15 is 0 Å². The summed E-state index contributed by atoms with van der Waals surface area (Å²) >= 11 is 0. The van der Waals surface area contributed by atoms with E-state index in [0.29, 0.717) is 12.2 Å². The number of aliphatic carboxylic acids is 1. The van der Waals surface area contributed by atoms with Gasteiger partial charge in [-0.15, -0.1) is 0 Å². The maximum Gasteiger partial charge on any atom is 0.303 e. The molecule has 20 heavy (non-hydrogen) atoms. The first kappa shape index (κ1) is 14.2. The Morgan fingerprint density at radius 3 is 2.45 bits per heavy atom. The fourth-order valence-corrected chi connectivity index (χ4v) is 2.20. The van der Waals surface area contributed by atoms with Crippen molar-refractivity contribution in [2.75, 3.05) is 0 Å². The second-order valence-corrected chi connectivity index (χ2v) is 4.95. The molecular formula is C15H19N3O2. The van der Waals surface area contributed by atoms with Crippen LogP contribution in [0.15, 0.2) is 18.2 Å². The summed E-state index contributed by atoms with van der Waals surface area (Å²) in [7, 11) is 0. The van der Waals surface area contributed by atoms with Gasteiger partial charge in [-0.05, 0) is 37.1 Å². The molecule has 0 atom stereocenters. The summed E-state index contributed by atoms with van der Waals surface area (Å²) in [5.41, 5.74) is 3.24. The zero-order valence-electron chi connectivity index (χ0n) is 12.1. The van der Waals surface area contributed by atoms with Crippen molar-refractivity contribution in [1.82, 2.24) is 14.8 Å². The Labute approximate surface area is 118 Å². The third-order valence-corrected chi connectivity index (χ3v) is 3.05. The van der Waals surface area contributed by atoms with Crippen molar-refractivity contribution in [1.29, 1.82) is 0 Å². The maximum atomic E-state index is 10.7. The Bertz CT molecular complexity index is 612. The summed E-state index contributed by atoms with van der Waals surface area (Å²) < 4.78 is 1.77. The molecule has 0 fully saturated rings. The zero-order valence-corrected chi connectivity index (χ0v) is 12.1. The van der Waals surface area contributed by atoms with E-state index < -0.39 is 5.97 Å². The zero-order chi connectivity index (χ0) is 14.7. The smallest absolute Gasteiger partial charge is 0.303 e. The van der Waals surface area contributed by atoms with E-state index in [9.17, 15) is 4.79 Å². The van der Waals surface area contributed by atoms with Gasteiger partial charge in [-0.1, -0.05) is 13.0 Å². The predicted molar refractivity (Wildman–Crippen MR) is 76.2 cm³/mol. The second-order valence-electron chi connectivity index (χ2n) is 4.95. The number of carbonyl (C=O) groups is 1. The van der Waals surface area contributed by atoms with E-state index in [1.165, 1.54) is 0 Å². The van der Waals surface area contributed by atoms with Gasteiger partial charge in [-0.2, -0.15) is 5.10 Å². The van der Waals surface area contributed by atoms with Crippen molar-refractivity contribution in [3.63, 3.8) is 0 Å². The molecule has 2 aromatic rings. The highest BCUT2D eigenvalue weighted by atomic mass is 16.4. The molecular weight excluding hydrogens is 254 g/mol. The fourth-order valence-electron chi connectivity index (χ4n) is 2.20. The highest BCUT2D eigenvalue weighted by Crippen LogP contribution is 2.16. The molecule has 0 spiro atoms. The van der Waals surface area contributed by atoms with Crippen LogP contribution in [0.1, 0.15) is 36.1 Å². The largest absolute Gasteiger partial charge is 0.481 e. The average Bonchev–Trinajstić information content (AvgIpc) is 2.78. The van der Waals surface area contributed by atoms with E-state index in [0.717, 1.165) is 29.1 Å². The van der Waals surface area contributed by atoms with Gasteiger partial charge < -0.3 is 5.11 Å². The molecule has 0 saturated carbocycles. The number of benzene rings is 1. The van der Waals surface area contributed by atoms with Crippen LogP contribution in [0.3, 0.4) is 0 Å². The van der Waals surface area contributed by atoms with Crippen LogP contribution in [0.25, 0.3) is 5.69 Å². The Morgan fingerprint density at radius 2 is 1.90 bits per heavy atom. The number of nitrogens with zero attached hydrogens (tertiary/aromatic N) is 3. The molecule has 0 unspecified atom stereocenters. The Morgan fingerprint density at radius 1 is 1.25 bits per heavy atom. The SMILES string of the molecule is CCc1nc(CCC(=O)O)n(-c2cc(C)cc(C)c2)n1. The van der Waals surface area contributed by atoms with Crippen LogP contribution in [0, 0.1) is 13.8 Å². The normalized spacial score (nSPS) is 10.8. The first-order valence-electron chi connectivity index (χ1n) is 6.75. The van der Waals surface area contributed by atoms with Crippen LogP contribution in [0.5, 0.6) is 0 Å². The number of hydrogen-bond donors (Lipinski definition) is 1. The van der Waals surface area contributed by atoms with E-state index in [1.807, 2.05) is 32.9 Å². The van der Waals surface area contributed by atoms with Gasteiger partial charge in [0.1, 0.15) is 5.82 Å². The van der Waals surface area contributed by atoms with E-state index in [-0.39, 0.29) is 6.42 Å². The monoisotopic (exact) mass is 273 g/mol. The molecule has 1 N–H and O–H groups in total. The molecule has 1 aromatic carbocycles. The van der Waals surface area contributed by atoms with Crippen LogP contribution in [0.4, 0.5) is 0 Å². The molecule has 0 radical (unpaired) electrons. The molecule has 5 heteroatoms. The lowest BCUT2D eigenvalue weighted by molar-refractivity contribution is -0.137. The number of carboxylic acids is 1. The van der Waals surface area contributed by atoms with Gasteiger partial charge in [0.05, 0.1) is 12.1 Å². The minimum Gasteiger partial charge on any atom is -0.481 e. The average molecular weight is 273 g/mol. The summed E-state index contributed by atoms with van der Waals surface area (Å²) in [6.07, 6.45) is 1.18. The molecule has 5 nitrogen and oxygen atoms in total. The number of rotatable bonds is 5. The Kier molecular flexibility index (Phi) is 4.17. The van der Waals surface area contributed by atoms with Crippen molar-refractivity contribution in [3.05, 3.63) is 41.0 Å². The summed E-state index contributed by atoms with van der Waals surface area (Å²) in [6.45, 7) is 6.05. The van der Waals surface area contributed by atoms with Gasteiger partial charge in [0.25, 0.3) is 0 Å². The topological polar surface area (TPSA) is 68.0 Å². The molecule has 0 aliphatic heterocycles. The Balaban J connectivity index is 2.42. The summed E-state index contributed by atoms with van der Waals surface area (Å²) in [4.78, 5) is 15.2. The standard InChI is InChI=1S/C15H19N3O2/c1-4-13-16-14(5-6-15(19)20)18(17-13)12-8-10(2)7-11(3)9-12/h7-9H,4-6H2,1-3H3,(H,19,20). The molecule has 2 rings (SSSR count). The van der Waals surface area contributed by atoms with Gasteiger partial charge in [0, 0.05) is 12.8 Å². The minimum absolute atomic E-state index is 0.0621. The second kappa shape index (κ2) is 5.86. The molecule has 0 saturated heterocycles. The van der Waals surface area contributed by atoms with Crippen molar-refractivity contribution < 1.29 is 9.90 Å². The van der Waals surface area contributed by atoms with Gasteiger partial charge in [-0.3, -0.25) is 4.79 Å². The summed E-state index contributed by atoms with van der Waals surface area (Å²) in [5, 5.41) is 13.3. The van der Waals surface area contributed by atoms with Gasteiger partial charge in [0.15, 0.2) is 5.82 Å². The van der Waals surface area contributed by atoms with E-state index in [2.05, 4.69) is 16.1 Å². The summed E-state index contributed by atoms with van der Waals surface area (Å²) in [5.74, 6) is 0.622. The van der Waals surface area contributed by atoms with Crippen molar-refractivity contribution >= 4 is 5.97 Å². The lowest BCUT2D eigenvalue weighted by Gasteiger charge is -2.07. The maximum absolute atomic E-state index is 10.7. The van der Waals surface area contributed by atoms with Crippen LogP contribution >= 0.6 is 0 Å². The minimum atomic E-state index is -0.821. The van der Waals surface area contributed by atoms with Crippen LogP contribution < -0.4 is 0 Å². The predicted octanol–water partition coefficient (Wildman–Crippen LogP) is 2.46. The molecule has 106 valence electrons. The molecule has 0 bridgehead atoms. The molecule has 1 heterocycles. The fraction of sp³-hybridized carbons (Fsp3) is 0.400. The number of carboxylic acid groups (broad SMARTS) is 1.